The van der Waals surface area contributed by atoms with E-state index in [4.69, 9.17) is 4.74 Å². The van der Waals surface area contributed by atoms with Crippen molar-refractivity contribution in [2.45, 2.75) is 37.5 Å². The third-order valence-electron chi connectivity index (χ3n) is 5.66. The number of nitrogens with zero attached hydrogens (tertiary/aromatic N) is 2. The minimum Gasteiger partial charge on any atom is -0.494 e. The summed E-state index contributed by atoms with van der Waals surface area (Å²) in [7, 11) is 0. The van der Waals surface area contributed by atoms with Crippen LogP contribution in [0.1, 0.15) is 31.6 Å². The van der Waals surface area contributed by atoms with Crippen molar-refractivity contribution in [2.75, 3.05) is 26.3 Å². The molecule has 3 aromatic rings. The topological polar surface area (TPSA) is 54.7 Å². The maximum Gasteiger partial charge on any atom is 0.240 e. The molecule has 30 heavy (non-hydrogen) atoms. The SMILES string of the molecule is CCOc1ccc2c(c1)c1c(n2CCO)-c2ccccc2SC1C(=O)N(CC)CC. The molecule has 5 nitrogen and oxygen atoms in total. The van der Waals surface area contributed by atoms with Gasteiger partial charge in [0.1, 0.15) is 11.0 Å². The van der Waals surface area contributed by atoms with Gasteiger partial charge in [-0.3, -0.25) is 4.79 Å². The highest BCUT2D eigenvalue weighted by Crippen LogP contribution is 2.53. The second-order valence-electron chi connectivity index (χ2n) is 7.25. The largest absolute Gasteiger partial charge is 0.494 e. The number of hydrogen-bond acceptors (Lipinski definition) is 4. The Morgan fingerprint density at radius 2 is 1.93 bits per heavy atom. The van der Waals surface area contributed by atoms with Crippen LogP contribution in [0.4, 0.5) is 0 Å². The van der Waals surface area contributed by atoms with Crippen molar-refractivity contribution in [3.8, 4) is 17.0 Å². The van der Waals surface area contributed by atoms with Crippen LogP contribution >= 0.6 is 11.8 Å². The van der Waals surface area contributed by atoms with Crippen molar-refractivity contribution < 1.29 is 14.6 Å². The number of hydrogen-bond donors (Lipinski definition) is 1. The number of likely N-dealkylation sites (N-methyl/N-ethyl adjacent to an activating group) is 1. The first-order valence-corrected chi connectivity index (χ1v) is 11.5. The molecule has 0 bridgehead atoms. The number of carbonyl (C=O) groups excluding carboxylic acids is 1. The number of thioether (sulfide) groups is 1. The summed E-state index contributed by atoms with van der Waals surface area (Å²) < 4.78 is 7.92. The molecule has 4 rings (SSSR count). The summed E-state index contributed by atoms with van der Waals surface area (Å²) in [6.45, 7) is 8.47. The van der Waals surface area contributed by atoms with Crippen molar-refractivity contribution in [3.05, 3.63) is 48.0 Å². The Labute approximate surface area is 181 Å². The molecule has 1 aliphatic heterocycles. The number of benzene rings is 2. The molecule has 0 saturated carbocycles. The summed E-state index contributed by atoms with van der Waals surface area (Å²) in [4.78, 5) is 16.6. The minimum absolute atomic E-state index is 0.0351. The number of aliphatic hydroxyl groups excluding tert-OH is 1. The van der Waals surface area contributed by atoms with E-state index in [1.807, 2.05) is 56.0 Å². The first-order valence-electron chi connectivity index (χ1n) is 10.6. The van der Waals surface area contributed by atoms with Crippen LogP contribution in [-0.2, 0) is 11.3 Å². The zero-order chi connectivity index (χ0) is 21.3. The van der Waals surface area contributed by atoms with E-state index in [0.29, 0.717) is 26.2 Å². The minimum atomic E-state index is -0.325. The van der Waals surface area contributed by atoms with Crippen LogP contribution < -0.4 is 4.74 Å². The van der Waals surface area contributed by atoms with Gasteiger partial charge in [-0.2, -0.15) is 0 Å². The summed E-state index contributed by atoms with van der Waals surface area (Å²) in [5.41, 5.74) is 4.20. The molecule has 1 amide bonds. The van der Waals surface area contributed by atoms with E-state index in [9.17, 15) is 9.90 Å². The van der Waals surface area contributed by atoms with E-state index < -0.39 is 0 Å². The van der Waals surface area contributed by atoms with Crippen LogP contribution in [0.25, 0.3) is 22.2 Å². The van der Waals surface area contributed by atoms with Crippen LogP contribution in [0.3, 0.4) is 0 Å². The lowest BCUT2D eigenvalue weighted by atomic mass is 10.00. The molecule has 2 heterocycles. The monoisotopic (exact) mass is 424 g/mol. The maximum absolute atomic E-state index is 13.6. The molecule has 0 radical (unpaired) electrons. The summed E-state index contributed by atoms with van der Waals surface area (Å²) in [5.74, 6) is 0.928. The van der Waals surface area contributed by atoms with Crippen LogP contribution in [0, 0.1) is 0 Å². The first-order chi connectivity index (χ1) is 14.6. The lowest BCUT2D eigenvalue weighted by Gasteiger charge is -2.30. The van der Waals surface area contributed by atoms with Gasteiger partial charge in [0.05, 0.1) is 18.9 Å². The fraction of sp³-hybridized carbons (Fsp3) is 0.375. The molecular weight excluding hydrogens is 396 g/mol. The third-order valence-corrected chi connectivity index (χ3v) is 6.94. The zero-order valence-corrected chi connectivity index (χ0v) is 18.5. The Hall–Kier alpha value is -2.44. The highest BCUT2D eigenvalue weighted by Gasteiger charge is 2.37. The number of carbonyl (C=O) groups is 1. The smallest absolute Gasteiger partial charge is 0.240 e. The van der Waals surface area contributed by atoms with E-state index in [1.54, 1.807) is 11.8 Å². The van der Waals surface area contributed by atoms with Crippen molar-refractivity contribution in [1.82, 2.24) is 9.47 Å². The van der Waals surface area contributed by atoms with Gasteiger partial charge in [-0.25, -0.2) is 0 Å². The number of ether oxygens (including phenoxy) is 1. The average molecular weight is 425 g/mol. The van der Waals surface area contributed by atoms with Gasteiger partial charge in [-0.1, -0.05) is 18.2 Å². The highest BCUT2D eigenvalue weighted by molar-refractivity contribution is 8.00. The van der Waals surface area contributed by atoms with E-state index in [2.05, 4.69) is 16.7 Å². The van der Waals surface area contributed by atoms with Gasteiger partial charge >= 0.3 is 0 Å². The Balaban J connectivity index is 2.03. The molecule has 2 aromatic carbocycles. The van der Waals surface area contributed by atoms with E-state index in [1.165, 1.54) is 0 Å². The summed E-state index contributed by atoms with van der Waals surface area (Å²) in [5, 5.41) is 10.5. The number of aromatic nitrogens is 1. The van der Waals surface area contributed by atoms with Gasteiger partial charge in [0, 0.05) is 46.6 Å². The number of aliphatic hydroxyl groups is 1. The van der Waals surface area contributed by atoms with Gasteiger partial charge in [-0.15, -0.1) is 11.8 Å². The van der Waals surface area contributed by atoms with E-state index in [0.717, 1.165) is 38.4 Å². The average Bonchev–Trinajstić information content (AvgIpc) is 3.08. The normalized spacial score (nSPS) is 15.0. The van der Waals surface area contributed by atoms with Gasteiger partial charge in [0.25, 0.3) is 0 Å². The lowest BCUT2D eigenvalue weighted by molar-refractivity contribution is -0.130. The molecular formula is C24H28N2O3S. The molecule has 158 valence electrons. The fourth-order valence-electron chi connectivity index (χ4n) is 4.33. The standard InChI is InChI=1S/C24H28N2O3S/c1-4-25(5-2)24(28)23-21-18-15-16(29-6-3)11-12-19(18)26(13-14-27)22(21)17-9-7-8-10-20(17)30-23/h7-12,15,23,27H,4-6,13-14H2,1-3H3. The molecule has 6 heteroatoms. The predicted molar refractivity (Wildman–Crippen MR) is 122 cm³/mol. The van der Waals surface area contributed by atoms with Gasteiger partial charge < -0.3 is 19.3 Å². The second-order valence-corrected chi connectivity index (χ2v) is 8.40. The van der Waals surface area contributed by atoms with Crippen LogP contribution in [0.5, 0.6) is 5.75 Å². The molecule has 1 N–H and O–H groups in total. The Bertz CT molecular complexity index is 1070. The van der Waals surface area contributed by atoms with Crippen LogP contribution in [0.15, 0.2) is 47.4 Å². The summed E-state index contributed by atoms with van der Waals surface area (Å²) >= 11 is 1.62. The Kier molecular flexibility index (Phi) is 6.06. The predicted octanol–water partition coefficient (Wildman–Crippen LogP) is 4.71. The van der Waals surface area contributed by atoms with Gasteiger partial charge in [0.15, 0.2) is 0 Å². The van der Waals surface area contributed by atoms with Crippen LogP contribution in [0.2, 0.25) is 0 Å². The summed E-state index contributed by atoms with van der Waals surface area (Å²) in [6, 6.07) is 14.3. The van der Waals surface area contributed by atoms with Gasteiger partial charge in [0.2, 0.25) is 5.91 Å². The van der Waals surface area contributed by atoms with E-state index in [-0.39, 0.29) is 17.8 Å². The quantitative estimate of drug-likeness (QED) is 0.597. The Morgan fingerprint density at radius 3 is 2.63 bits per heavy atom. The highest BCUT2D eigenvalue weighted by atomic mass is 32.2. The molecule has 1 unspecified atom stereocenters. The zero-order valence-electron chi connectivity index (χ0n) is 17.7. The van der Waals surface area contributed by atoms with Crippen LogP contribution in [-0.4, -0.2) is 46.8 Å². The van der Waals surface area contributed by atoms with Crippen molar-refractivity contribution >= 4 is 28.6 Å². The fourth-order valence-corrected chi connectivity index (χ4v) is 5.64. The maximum atomic E-state index is 13.6. The molecule has 1 atom stereocenters. The lowest BCUT2D eigenvalue weighted by Crippen LogP contribution is -2.34. The number of fused-ring (bicyclic) bond motifs is 5. The number of rotatable bonds is 7. The van der Waals surface area contributed by atoms with Crippen molar-refractivity contribution in [1.29, 1.82) is 0 Å². The van der Waals surface area contributed by atoms with Gasteiger partial charge in [-0.05, 0) is 45.0 Å². The Morgan fingerprint density at radius 1 is 1.17 bits per heavy atom. The molecule has 0 fully saturated rings. The van der Waals surface area contributed by atoms with Crippen molar-refractivity contribution in [2.24, 2.45) is 0 Å². The van der Waals surface area contributed by atoms with E-state index >= 15 is 0 Å². The summed E-state index contributed by atoms with van der Waals surface area (Å²) in [6.07, 6.45) is 0. The third kappa shape index (κ3) is 3.38. The molecule has 0 saturated heterocycles. The first kappa shape index (κ1) is 20.8. The number of amides is 1. The molecule has 1 aromatic heterocycles. The molecule has 0 spiro atoms. The molecule has 0 aliphatic carbocycles. The molecule has 1 aliphatic rings. The van der Waals surface area contributed by atoms with Crippen molar-refractivity contribution in [3.63, 3.8) is 0 Å². The second kappa shape index (κ2) is 8.74.